The van der Waals surface area contributed by atoms with Gasteiger partial charge in [-0.25, -0.2) is 0 Å². The van der Waals surface area contributed by atoms with Crippen molar-refractivity contribution in [2.75, 3.05) is 13.2 Å². The van der Waals surface area contributed by atoms with Crippen LogP contribution in [0.25, 0.3) is 0 Å². The van der Waals surface area contributed by atoms with Gasteiger partial charge in [0, 0.05) is 13.0 Å². The standard InChI is InChI=1S/C14H20F3NO/c1-2-9-18-11-12-4-6-13(7-5-12)19-10-3-8-14(15,16)17/h4-7,18H,2-3,8-11H2,1H3. The van der Waals surface area contributed by atoms with E-state index in [4.69, 9.17) is 4.74 Å². The van der Waals surface area contributed by atoms with Gasteiger partial charge in [0.15, 0.2) is 0 Å². The second kappa shape index (κ2) is 8.04. The molecule has 0 bridgehead atoms. The van der Waals surface area contributed by atoms with Crippen molar-refractivity contribution in [2.45, 2.75) is 38.9 Å². The maximum atomic E-state index is 11.9. The molecule has 1 aromatic rings. The molecule has 0 aliphatic rings. The smallest absolute Gasteiger partial charge is 0.389 e. The molecule has 2 nitrogen and oxygen atoms in total. The number of alkyl halides is 3. The normalized spacial score (nSPS) is 11.6. The van der Waals surface area contributed by atoms with Crippen LogP contribution < -0.4 is 10.1 Å². The van der Waals surface area contributed by atoms with Crippen LogP contribution in [0.2, 0.25) is 0 Å². The molecule has 0 saturated carbocycles. The summed E-state index contributed by atoms with van der Waals surface area (Å²) < 4.78 is 41.0. The maximum absolute atomic E-state index is 11.9. The number of nitrogens with one attached hydrogen (secondary N) is 1. The Labute approximate surface area is 112 Å². The molecule has 0 aliphatic heterocycles. The Bertz CT molecular complexity index is 349. The lowest BCUT2D eigenvalue weighted by molar-refractivity contribution is -0.136. The molecule has 0 amide bonds. The summed E-state index contributed by atoms with van der Waals surface area (Å²) in [5.41, 5.74) is 1.14. The Morgan fingerprint density at radius 1 is 1.16 bits per heavy atom. The van der Waals surface area contributed by atoms with Gasteiger partial charge in [0.05, 0.1) is 6.61 Å². The van der Waals surface area contributed by atoms with Gasteiger partial charge in [0.25, 0.3) is 0 Å². The van der Waals surface area contributed by atoms with Crippen LogP contribution in [-0.2, 0) is 6.54 Å². The molecule has 0 aliphatic carbocycles. The first-order valence-electron chi connectivity index (χ1n) is 6.50. The lowest BCUT2D eigenvalue weighted by atomic mass is 10.2. The topological polar surface area (TPSA) is 21.3 Å². The first-order chi connectivity index (χ1) is 9.01. The quantitative estimate of drug-likeness (QED) is 0.726. The molecule has 1 aromatic carbocycles. The van der Waals surface area contributed by atoms with Crippen molar-refractivity contribution in [2.24, 2.45) is 0 Å². The number of hydrogen-bond acceptors (Lipinski definition) is 2. The van der Waals surface area contributed by atoms with Gasteiger partial charge in [-0.3, -0.25) is 0 Å². The molecule has 5 heteroatoms. The van der Waals surface area contributed by atoms with E-state index in [9.17, 15) is 13.2 Å². The predicted molar refractivity (Wildman–Crippen MR) is 69.2 cm³/mol. The molecule has 1 N–H and O–H groups in total. The fourth-order valence-electron chi connectivity index (χ4n) is 1.58. The fraction of sp³-hybridized carbons (Fsp3) is 0.571. The van der Waals surface area contributed by atoms with Crippen molar-refractivity contribution in [1.29, 1.82) is 0 Å². The molecule has 0 aromatic heterocycles. The van der Waals surface area contributed by atoms with Gasteiger partial charge in [-0.15, -0.1) is 0 Å². The van der Waals surface area contributed by atoms with Crippen molar-refractivity contribution in [3.05, 3.63) is 29.8 Å². The van der Waals surface area contributed by atoms with Gasteiger partial charge in [-0.2, -0.15) is 13.2 Å². The first kappa shape index (κ1) is 15.8. The van der Waals surface area contributed by atoms with E-state index in [0.717, 1.165) is 25.1 Å². The van der Waals surface area contributed by atoms with Gasteiger partial charge in [-0.1, -0.05) is 19.1 Å². The van der Waals surface area contributed by atoms with Crippen molar-refractivity contribution < 1.29 is 17.9 Å². The van der Waals surface area contributed by atoms with E-state index in [1.807, 2.05) is 12.1 Å². The minimum atomic E-state index is -4.10. The number of hydrogen-bond donors (Lipinski definition) is 1. The zero-order valence-corrected chi connectivity index (χ0v) is 11.1. The molecule has 108 valence electrons. The van der Waals surface area contributed by atoms with E-state index in [-0.39, 0.29) is 13.0 Å². The Balaban J connectivity index is 2.24. The molecule has 0 spiro atoms. The van der Waals surface area contributed by atoms with Crippen LogP contribution >= 0.6 is 0 Å². The highest BCUT2D eigenvalue weighted by atomic mass is 19.4. The van der Waals surface area contributed by atoms with Crippen molar-refractivity contribution in [3.8, 4) is 5.75 Å². The lowest BCUT2D eigenvalue weighted by Gasteiger charge is -2.09. The molecule has 0 radical (unpaired) electrons. The first-order valence-corrected chi connectivity index (χ1v) is 6.50. The van der Waals surface area contributed by atoms with Gasteiger partial charge in [-0.05, 0) is 37.1 Å². The summed E-state index contributed by atoms with van der Waals surface area (Å²) in [7, 11) is 0. The van der Waals surface area contributed by atoms with E-state index in [1.165, 1.54) is 0 Å². The Kier molecular flexibility index (Phi) is 6.70. The highest BCUT2D eigenvalue weighted by Crippen LogP contribution is 2.21. The summed E-state index contributed by atoms with van der Waals surface area (Å²) in [4.78, 5) is 0. The summed E-state index contributed by atoms with van der Waals surface area (Å²) >= 11 is 0. The molecular weight excluding hydrogens is 255 g/mol. The van der Waals surface area contributed by atoms with Crippen molar-refractivity contribution in [1.82, 2.24) is 5.32 Å². The Morgan fingerprint density at radius 2 is 1.84 bits per heavy atom. The van der Waals surface area contributed by atoms with Gasteiger partial charge in [0.1, 0.15) is 5.75 Å². The van der Waals surface area contributed by atoms with Gasteiger partial charge < -0.3 is 10.1 Å². The molecule has 19 heavy (non-hydrogen) atoms. The Morgan fingerprint density at radius 3 is 2.42 bits per heavy atom. The average Bonchev–Trinajstić information content (AvgIpc) is 2.36. The third kappa shape index (κ3) is 7.72. The molecule has 0 atom stereocenters. The summed E-state index contributed by atoms with van der Waals surface area (Å²) in [5, 5.41) is 3.27. The maximum Gasteiger partial charge on any atom is 0.389 e. The van der Waals surface area contributed by atoms with Crippen molar-refractivity contribution >= 4 is 0 Å². The highest BCUT2D eigenvalue weighted by molar-refractivity contribution is 5.27. The van der Waals surface area contributed by atoms with E-state index < -0.39 is 12.6 Å². The second-order valence-corrected chi connectivity index (χ2v) is 4.39. The molecule has 0 saturated heterocycles. The van der Waals surface area contributed by atoms with E-state index in [1.54, 1.807) is 12.1 Å². The monoisotopic (exact) mass is 275 g/mol. The SMILES string of the molecule is CCCNCc1ccc(OCCCC(F)(F)F)cc1. The molecule has 0 fully saturated rings. The molecule has 0 heterocycles. The average molecular weight is 275 g/mol. The summed E-state index contributed by atoms with van der Waals surface area (Å²) in [6.07, 6.45) is -3.83. The highest BCUT2D eigenvalue weighted by Gasteiger charge is 2.26. The third-order valence-electron chi connectivity index (χ3n) is 2.55. The van der Waals surface area contributed by atoms with Crippen LogP contribution in [-0.4, -0.2) is 19.3 Å². The molecular formula is C14H20F3NO. The minimum Gasteiger partial charge on any atom is -0.494 e. The second-order valence-electron chi connectivity index (χ2n) is 4.39. The van der Waals surface area contributed by atoms with Crippen LogP contribution in [0.1, 0.15) is 31.7 Å². The lowest BCUT2D eigenvalue weighted by Crippen LogP contribution is -2.13. The summed E-state index contributed by atoms with van der Waals surface area (Å²) in [5.74, 6) is 0.612. The number of rotatable bonds is 8. The fourth-order valence-corrected chi connectivity index (χ4v) is 1.58. The number of halogens is 3. The van der Waals surface area contributed by atoms with Crippen LogP contribution in [0, 0.1) is 0 Å². The molecule has 1 rings (SSSR count). The largest absolute Gasteiger partial charge is 0.494 e. The number of ether oxygens (including phenoxy) is 1. The third-order valence-corrected chi connectivity index (χ3v) is 2.55. The summed E-state index contributed by atoms with van der Waals surface area (Å²) in [6, 6.07) is 7.41. The van der Waals surface area contributed by atoms with E-state index >= 15 is 0 Å². The van der Waals surface area contributed by atoms with E-state index in [0.29, 0.717) is 5.75 Å². The van der Waals surface area contributed by atoms with Gasteiger partial charge in [0.2, 0.25) is 0 Å². The zero-order valence-electron chi connectivity index (χ0n) is 11.1. The van der Waals surface area contributed by atoms with E-state index in [2.05, 4.69) is 12.2 Å². The van der Waals surface area contributed by atoms with Crippen molar-refractivity contribution in [3.63, 3.8) is 0 Å². The number of benzene rings is 1. The minimum absolute atomic E-state index is 0.0106. The van der Waals surface area contributed by atoms with Crippen LogP contribution in [0.4, 0.5) is 13.2 Å². The zero-order chi connectivity index (χ0) is 14.1. The van der Waals surface area contributed by atoms with Gasteiger partial charge >= 0.3 is 6.18 Å². The Hall–Kier alpha value is -1.23. The predicted octanol–water partition coefficient (Wildman–Crippen LogP) is 3.91. The molecule has 0 unspecified atom stereocenters. The summed E-state index contributed by atoms with van der Waals surface area (Å²) in [6.45, 7) is 3.95. The van der Waals surface area contributed by atoms with Crippen LogP contribution in [0.3, 0.4) is 0 Å². The van der Waals surface area contributed by atoms with Crippen LogP contribution in [0.5, 0.6) is 5.75 Å². The van der Waals surface area contributed by atoms with Crippen LogP contribution in [0.15, 0.2) is 24.3 Å².